The van der Waals surface area contributed by atoms with E-state index in [4.69, 9.17) is 0 Å². The number of aryl methyl sites for hydroxylation is 1. The molecule has 6 heteroatoms. The second kappa shape index (κ2) is 6.76. The summed E-state index contributed by atoms with van der Waals surface area (Å²) in [6.07, 6.45) is 2.15. The van der Waals surface area contributed by atoms with Gasteiger partial charge in [-0.25, -0.2) is 9.37 Å². The lowest BCUT2D eigenvalue weighted by Crippen LogP contribution is -2.28. The zero-order valence-corrected chi connectivity index (χ0v) is 13.7. The van der Waals surface area contributed by atoms with Gasteiger partial charge in [-0.3, -0.25) is 4.79 Å². The average Bonchev–Trinajstić information content (AvgIpc) is 3.08. The molecule has 0 aliphatic heterocycles. The summed E-state index contributed by atoms with van der Waals surface area (Å²) >= 11 is 1.36. The van der Waals surface area contributed by atoms with Crippen LogP contribution in [0.3, 0.4) is 0 Å². The standard InChI is InChI=1S/C17H19FN2O2S/c1-10-15(9-11-5-2-3-7-13(11)18)23-17(19-10)20-16(22)12-6-4-8-14(12)21/h2-3,5,7,12,14,21H,4,6,8-9H2,1H3,(H,19,20,22). The molecule has 122 valence electrons. The molecule has 0 radical (unpaired) electrons. The number of rotatable bonds is 4. The Labute approximate surface area is 138 Å². The monoisotopic (exact) mass is 334 g/mol. The number of nitrogens with zero attached hydrogens (tertiary/aromatic N) is 1. The molecule has 0 bridgehead atoms. The van der Waals surface area contributed by atoms with Gasteiger partial charge in [0.05, 0.1) is 17.7 Å². The Morgan fingerprint density at radius 3 is 2.91 bits per heavy atom. The number of carbonyl (C=O) groups is 1. The van der Waals surface area contributed by atoms with E-state index in [9.17, 15) is 14.3 Å². The summed E-state index contributed by atoms with van der Waals surface area (Å²) in [6.45, 7) is 1.85. The summed E-state index contributed by atoms with van der Waals surface area (Å²) in [5.41, 5.74) is 1.41. The number of aliphatic hydroxyl groups is 1. The highest BCUT2D eigenvalue weighted by Crippen LogP contribution is 2.29. The van der Waals surface area contributed by atoms with Gasteiger partial charge in [0.25, 0.3) is 0 Å². The number of nitrogens with one attached hydrogen (secondary N) is 1. The minimum absolute atomic E-state index is 0.179. The molecule has 3 rings (SSSR count). The maximum absolute atomic E-state index is 13.8. The number of benzene rings is 1. The molecule has 1 saturated carbocycles. The Morgan fingerprint density at radius 1 is 1.43 bits per heavy atom. The van der Waals surface area contributed by atoms with E-state index in [1.807, 2.05) is 6.92 Å². The molecule has 2 aromatic rings. The highest BCUT2D eigenvalue weighted by atomic mass is 32.1. The van der Waals surface area contributed by atoms with Gasteiger partial charge in [-0.05, 0) is 37.8 Å². The summed E-state index contributed by atoms with van der Waals surface area (Å²) in [4.78, 5) is 17.5. The second-order valence-corrected chi connectivity index (χ2v) is 6.97. The van der Waals surface area contributed by atoms with Crippen LogP contribution in [0.15, 0.2) is 24.3 Å². The van der Waals surface area contributed by atoms with E-state index in [0.717, 1.165) is 17.0 Å². The lowest BCUT2D eigenvalue weighted by atomic mass is 10.1. The van der Waals surface area contributed by atoms with Crippen LogP contribution in [0.4, 0.5) is 9.52 Å². The van der Waals surface area contributed by atoms with E-state index in [-0.39, 0.29) is 17.6 Å². The lowest BCUT2D eigenvalue weighted by molar-refractivity contribution is -0.122. The molecule has 1 heterocycles. The number of aromatic nitrogens is 1. The van der Waals surface area contributed by atoms with E-state index in [2.05, 4.69) is 10.3 Å². The average molecular weight is 334 g/mol. The van der Waals surface area contributed by atoms with Crippen LogP contribution in [-0.4, -0.2) is 22.1 Å². The van der Waals surface area contributed by atoms with Crippen LogP contribution in [0.1, 0.15) is 35.4 Å². The quantitative estimate of drug-likeness (QED) is 0.902. The molecule has 2 atom stereocenters. The van der Waals surface area contributed by atoms with Crippen LogP contribution in [0.5, 0.6) is 0 Å². The molecule has 23 heavy (non-hydrogen) atoms. The predicted molar refractivity (Wildman–Crippen MR) is 88.0 cm³/mol. The van der Waals surface area contributed by atoms with Crippen molar-refractivity contribution in [3.8, 4) is 0 Å². The predicted octanol–water partition coefficient (Wildman–Crippen LogP) is 3.28. The fraction of sp³-hybridized carbons (Fsp3) is 0.412. The Kier molecular flexibility index (Phi) is 4.73. The first-order valence-corrected chi connectivity index (χ1v) is 8.55. The minimum Gasteiger partial charge on any atom is -0.392 e. The van der Waals surface area contributed by atoms with Crippen LogP contribution < -0.4 is 5.32 Å². The van der Waals surface area contributed by atoms with E-state index in [1.165, 1.54) is 17.4 Å². The number of halogens is 1. The number of hydrogen-bond donors (Lipinski definition) is 2. The van der Waals surface area contributed by atoms with Crippen molar-refractivity contribution in [2.45, 2.75) is 38.7 Å². The largest absolute Gasteiger partial charge is 0.392 e. The van der Waals surface area contributed by atoms with Gasteiger partial charge >= 0.3 is 0 Å². The smallest absolute Gasteiger partial charge is 0.231 e. The first-order chi connectivity index (χ1) is 11.0. The summed E-state index contributed by atoms with van der Waals surface area (Å²) in [7, 11) is 0. The summed E-state index contributed by atoms with van der Waals surface area (Å²) in [6, 6.07) is 6.66. The van der Waals surface area contributed by atoms with Crippen molar-refractivity contribution in [2.24, 2.45) is 5.92 Å². The van der Waals surface area contributed by atoms with E-state index in [0.29, 0.717) is 30.0 Å². The number of carbonyl (C=O) groups excluding carboxylic acids is 1. The number of thiazole rings is 1. The van der Waals surface area contributed by atoms with Crippen molar-refractivity contribution >= 4 is 22.4 Å². The highest BCUT2D eigenvalue weighted by Gasteiger charge is 2.31. The second-order valence-electron chi connectivity index (χ2n) is 5.89. The third kappa shape index (κ3) is 3.59. The Morgan fingerprint density at radius 2 is 2.22 bits per heavy atom. The first-order valence-electron chi connectivity index (χ1n) is 7.73. The lowest BCUT2D eigenvalue weighted by Gasteiger charge is -2.12. The van der Waals surface area contributed by atoms with Crippen LogP contribution >= 0.6 is 11.3 Å². The van der Waals surface area contributed by atoms with Gasteiger partial charge in [0.2, 0.25) is 5.91 Å². The van der Waals surface area contributed by atoms with Crippen LogP contribution in [0, 0.1) is 18.7 Å². The molecule has 0 saturated heterocycles. The maximum atomic E-state index is 13.8. The fourth-order valence-corrected chi connectivity index (χ4v) is 3.89. The Bertz CT molecular complexity index is 716. The summed E-state index contributed by atoms with van der Waals surface area (Å²) in [5, 5.41) is 13.1. The van der Waals surface area contributed by atoms with E-state index in [1.54, 1.807) is 18.2 Å². The molecule has 1 aromatic heterocycles. The third-order valence-corrected chi connectivity index (χ3v) is 5.32. The van der Waals surface area contributed by atoms with Crippen molar-refractivity contribution in [1.82, 2.24) is 4.98 Å². The highest BCUT2D eigenvalue weighted by molar-refractivity contribution is 7.15. The zero-order valence-electron chi connectivity index (χ0n) is 12.9. The zero-order chi connectivity index (χ0) is 16.4. The normalized spacial score (nSPS) is 20.7. The number of hydrogen-bond acceptors (Lipinski definition) is 4. The molecule has 1 aliphatic carbocycles. The Hall–Kier alpha value is -1.79. The number of amides is 1. The van der Waals surface area contributed by atoms with Gasteiger partial charge in [-0.1, -0.05) is 18.2 Å². The van der Waals surface area contributed by atoms with Crippen molar-refractivity contribution in [3.63, 3.8) is 0 Å². The van der Waals surface area contributed by atoms with Crippen molar-refractivity contribution < 1.29 is 14.3 Å². The van der Waals surface area contributed by atoms with Crippen LogP contribution in [0.25, 0.3) is 0 Å². The topological polar surface area (TPSA) is 62.2 Å². The minimum atomic E-state index is -0.561. The molecule has 2 N–H and O–H groups in total. The van der Waals surface area contributed by atoms with E-state index < -0.39 is 6.10 Å². The van der Waals surface area contributed by atoms with Crippen LogP contribution in [-0.2, 0) is 11.2 Å². The first kappa shape index (κ1) is 16.1. The molecular weight excluding hydrogens is 315 g/mol. The van der Waals surface area contributed by atoms with Gasteiger partial charge < -0.3 is 10.4 Å². The van der Waals surface area contributed by atoms with Crippen molar-refractivity contribution in [1.29, 1.82) is 0 Å². The van der Waals surface area contributed by atoms with Crippen LogP contribution in [0.2, 0.25) is 0 Å². The Balaban J connectivity index is 1.71. The van der Waals surface area contributed by atoms with Gasteiger partial charge in [0.1, 0.15) is 5.82 Å². The van der Waals surface area contributed by atoms with Gasteiger partial charge in [0.15, 0.2) is 5.13 Å². The number of anilines is 1. The summed E-state index contributed by atoms with van der Waals surface area (Å²) < 4.78 is 13.8. The third-order valence-electron chi connectivity index (χ3n) is 4.25. The molecule has 4 nitrogen and oxygen atoms in total. The van der Waals surface area contributed by atoms with E-state index >= 15 is 0 Å². The molecular formula is C17H19FN2O2S. The molecule has 1 fully saturated rings. The molecule has 0 spiro atoms. The van der Waals surface area contributed by atoms with Gasteiger partial charge in [-0.2, -0.15) is 0 Å². The SMILES string of the molecule is Cc1nc(NC(=O)C2CCCC2O)sc1Cc1ccccc1F. The molecule has 1 amide bonds. The van der Waals surface area contributed by atoms with Gasteiger partial charge in [-0.15, -0.1) is 11.3 Å². The van der Waals surface area contributed by atoms with Crippen molar-refractivity contribution in [2.75, 3.05) is 5.32 Å². The summed E-state index contributed by atoms with van der Waals surface area (Å²) in [5.74, 6) is -0.768. The van der Waals surface area contributed by atoms with Gasteiger partial charge in [0, 0.05) is 11.3 Å². The fourth-order valence-electron chi connectivity index (χ4n) is 2.90. The molecule has 1 aromatic carbocycles. The van der Waals surface area contributed by atoms with Crippen molar-refractivity contribution in [3.05, 3.63) is 46.2 Å². The number of aliphatic hydroxyl groups excluding tert-OH is 1. The molecule has 1 aliphatic rings. The maximum Gasteiger partial charge on any atom is 0.231 e. The molecule has 2 unspecified atom stereocenters.